The summed E-state index contributed by atoms with van der Waals surface area (Å²) in [6.45, 7) is 3.87. The Labute approximate surface area is 141 Å². The first kappa shape index (κ1) is 15.6. The van der Waals surface area contributed by atoms with Crippen LogP contribution >= 0.6 is 34.9 Å². The summed E-state index contributed by atoms with van der Waals surface area (Å²) in [5.41, 5.74) is 2.70. The average molecular weight is 350 g/mol. The van der Waals surface area contributed by atoms with Gasteiger partial charge >= 0.3 is 0 Å². The summed E-state index contributed by atoms with van der Waals surface area (Å²) in [5.74, 6) is 0.126. The molecule has 2 aromatic heterocycles. The smallest absolute Gasteiger partial charge is 0.178 e. The van der Waals surface area contributed by atoms with E-state index < -0.39 is 0 Å². The highest BCUT2D eigenvalue weighted by Gasteiger charge is 2.23. The molecular formula is C15H15N3OS3. The number of carbonyl (C=O) groups excluding carboxylic acids is 1. The lowest BCUT2D eigenvalue weighted by molar-refractivity contribution is 0.0995. The number of benzene rings is 1. The van der Waals surface area contributed by atoms with Gasteiger partial charge in [0.1, 0.15) is 0 Å². The SMILES string of the molecule is CSc1nnc(S[C@@H](C)C(=O)c2c(C)[nH]c3ccccc23)s1. The van der Waals surface area contributed by atoms with Gasteiger partial charge in [-0.1, -0.05) is 53.1 Å². The Kier molecular flexibility index (Phi) is 4.56. The van der Waals surface area contributed by atoms with E-state index in [1.165, 1.54) is 23.1 Å². The quantitative estimate of drug-likeness (QED) is 0.546. The fraction of sp³-hybridized carbons (Fsp3) is 0.267. The largest absolute Gasteiger partial charge is 0.358 e. The van der Waals surface area contributed by atoms with Gasteiger partial charge in [-0.05, 0) is 26.2 Å². The fourth-order valence-electron chi connectivity index (χ4n) is 2.33. The maximum absolute atomic E-state index is 12.8. The van der Waals surface area contributed by atoms with Gasteiger partial charge in [-0.25, -0.2) is 0 Å². The van der Waals surface area contributed by atoms with Gasteiger partial charge in [-0.15, -0.1) is 10.2 Å². The van der Waals surface area contributed by atoms with Crippen molar-refractivity contribution in [3.63, 3.8) is 0 Å². The monoisotopic (exact) mass is 349 g/mol. The zero-order valence-corrected chi connectivity index (χ0v) is 14.9. The number of carbonyl (C=O) groups is 1. The van der Waals surface area contributed by atoms with Gasteiger partial charge in [0.05, 0.1) is 5.25 Å². The van der Waals surface area contributed by atoms with Gasteiger partial charge in [0, 0.05) is 22.2 Å². The molecule has 22 heavy (non-hydrogen) atoms. The Morgan fingerprint density at radius 1 is 1.27 bits per heavy atom. The minimum atomic E-state index is -0.194. The minimum absolute atomic E-state index is 0.126. The summed E-state index contributed by atoms with van der Waals surface area (Å²) < 4.78 is 1.76. The van der Waals surface area contributed by atoms with Crippen LogP contribution < -0.4 is 0 Å². The molecule has 0 saturated carbocycles. The number of H-pyrrole nitrogens is 1. The highest BCUT2D eigenvalue weighted by atomic mass is 32.2. The molecule has 1 N–H and O–H groups in total. The van der Waals surface area contributed by atoms with E-state index in [1.54, 1.807) is 11.8 Å². The number of rotatable bonds is 5. The molecule has 1 atom stereocenters. The van der Waals surface area contributed by atoms with Crippen LogP contribution in [-0.2, 0) is 0 Å². The number of aromatic amines is 1. The highest BCUT2D eigenvalue weighted by molar-refractivity contribution is 8.03. The number of nitrogens with one attached hydrogen (secondary N) is 1. The number of aromatic nitrogens is 3. The lowest BCUT2D eigenvalue weighted by Crippen LogP contribution is -2.14. The van der Waals surface area contributed by atoms with Gasteiger partial charge in [-0.2, -0.15) is 0 Å². The molecule has 0 aliphatic carbocycles. The molecular weight excluding hydrogens is 334 g/mol. The summed E-state index contributed by atoms with van der Waals surface area (Å²) in [6.07, 6.45) is 1.97. The normalized spacial score (nSPS) is 12.7. The lowest BCUT2D eigenvalue weighted by atomic mass is 10.1. The van der Waals surface area contributed by atoms with Gasteiger partial charge < -0.3 is 4.98 Å². The van der Waals surface area contributed by atoms with Crippen molar-refractivity contribution >= 4 is 51.5 Å². The number of nitrogens with zero attached hydrogens (tertiary/aromatic N) is 2. The third-order valence-corrected chi connectivity index (χ3v) is 6.43. The first-order chi connectivity index (χ1) is 10.6. The van der Waals surface area contributed by atoms with E-state index in [2.05, 4.69) is 15.2 Å². The van der Waals surface area contributed by atoms with Crippen LogP contribution in [0.5, 0.6) is 0 Å². The first-order valence-corrected chi connectivity index (χ1v) is 9.68. The van der Waals surface area contributed by atoms with E-state index in [1.807, 2.05) is 44.4 Å². The number of ketones is 1. The molecule has 0 saturated heterocycles. The van der Waals surface area contributed by atoms with Crippen LogP contribution in [0.3, 0.4) is 0 Å². The molecule has 7 heteroatoms. The summed E-state index contributed by atoms with van der Waals surface area (Å²) >= 11 is 4.57. The molecule has 1 aromatic carbocycles. The predicted octanol–water partition coefficient (Wildman–Crippen LogP) is 4.41. The van der Waals surface area contributed by atoms with E-state index in [0.717, 1.165) is 30.8 Å². The Morgan fingerprint density at radius 3 is 2.73 bits per heavy atom. The molecule has 3 rings (SSSR count). The van der Waals surface area contributed by atoms with Crippen LogP contribution in [0.4, 0.5) is 0 Å². The molecule has 0 fully saturated rings. The molecule has 3 aromatic rings. The lowest BCUT2D eigenvalue weighted by Gasteiger charge is -2.08. The van der Waals surface area contributed by atoms with E-state index in [-0.39, 0.29) is 11.0 Å². The number of para-hydroxylation sites is 1. The Balaban J connectivity index is 1.87. The average Bonchev–Trinajstić information content (AvgIpc) is 3.09. The molecule has 0 radical (unpaired) electrons. The van der Waals surface area contributed by atoms with E-state index in [0.29, 0.717) is 0 Å². The maximum Gasteiger partial charge on any atom is 0.178 e. The molecule has 0 unspecified atom stereocenters. The van der Waals surface area contributed by atoms with Crippen LogP contribution in [0.2, 0.25) is 0 Å². The van der Waals surface area contributed by atoms with Gasteiger partial charge in [0.15, 0.2) is 14.5 Å². The topological polar surface area (TPSA) is 58.6 Å². The predicted molar refractivity (Wildman–Crippen MR) is 94.4 cm³/mol. The molecule has 0 aliphatic heterocycles. The van der Waals surface area contributed by atoms with Crippen molar-refractivity contribution in [2.24, 2.45) is 0 Å². The second kappa shape index (κ2) is 6.44. The van der Waals surface area contributed by atoms with Crippen molar-refractivity contribution in [2.45, 2.75) is 27.8 Å². The molecule has 0 bridgehead atoms. The number of thioether (sulfide) groups is 2. The summed E-state index contributed by atoms with van der Waals surface area (Å²) in [7, 11) is 0. The third-order valence-electron chi connectivity index (χ3n) is 3.35. The zero-order chi connectivity index (χ0) is 15.7. The first-order valence-electron chi connectivity index (χ1n) is 6.76. The van der Waals surface area contributed by atoms with Crippen LogP contribution in [0.1, 0.15) is 23.0 Å². The van der Waals surface area contributed by atoms with E-state index in [9.17, 15) is 4.79 Å². The van der Waals surface area contributed by atoms with E-state index in [4.69, 9.17) is 0 Å². The summed E-state index contributed by atoms with van der Waals surface area (Å²) in [5, 5.41) is 8.99. The number of aryl methyl sites for hydroxylation is 1. The molecule has 0 amide bonds. The van der Waals surface area contributed by atoms with Crippen molar-refractivity contribution < 1.29 is 4.79 Å². The van der Waals surface area contributed by atoms with Gasteiger partial charge in [-0.3, -0.25) is 4.79 Å². The van der Waals surface area contributed by atoms with Crippen molar-refractivity contribution in [1.29, 1.82) is 0 Å². The summed E-state index contributed by atoms with van der Waals surface area (Å²) in [4.78, 5) is 16.1. The zero-order valence-electron chi connectivity index (χ0n) is 12.4. The second-order valence-electron chi connectivity index (χ2n) is 4.83. The fourth-order valence-corrected chi connectivity index (χ4v) is 4.97. The Hall–Kier alpha value is -1.31. The van der Waals surface area contributed by atoms with Gasteiger partial charge in [0.2, 0.25) is 0 Å². The molecule has 2 heterocycles. The third kappa shape index (κ3) is 2.93. The van der Waals surface area contributed by atoms with Crippen molar-refractivity contribution in [1.82, 2.24) is 15.2 Å². The second-order valence-corrected chi connectivity index (χ2v) is 8.45. The molecule has 0 spiro atoms. The van der Waals surface area contributed by atoms with E-state index >= 15 is 0 Å². The Morgan fingerprint density at radius 2 is 2.00 bits per heavy atom. The number of hydrogen-bond acceptors (Lipinski definition) is 6. The van der Waals surface area contributed by atoms with Crippen LogP contribution in [0.15, 0.2) is 32.9 Å². The van der Waals surface area contributed by atoms with Crippen LogP contribution in [0, 0.1) is 6.92 Å². The van der Waals surface area contributed by atoms with Crippen molar-refractivity contribution in [3.05, 3.63) is 35.5 Å². The molecule has 114 valence electrons. The molecule has 0 aliphatic rings. The number of hydrogen-bond donors (Lipinski definition) is 1. The van der Waals surface area contributed by atoms with Gasteiger partial charge in [0.25, 0.3) is 0 Å². The number of fused-ring (bicyclic) bond motifs is 1. The standard InChI is InChI=1S/C15H15N3OS3/c1-8-12(10-6-4-5-7-11(10)16-8)13(19)9(2)21-15-18-17-14(20-3)22-15/h4-7,9,16H,1-3H3/t9-/m0/s1. The maximum atomic E-state index is 12.8. The highest BCUT2D eigenvalue weighted by Crippen LogP contribution is 2.33. The van der Waals surface area contributed by atoms with Crippen molar-refractivity contribution in [2.75, 3.05) is 6.26 Å². The number of Topliss-reactive ketones (excluding diaryl/α,β-unsaturated/α-hetero) is 1. The Bertz CT molecular complexity index is 824. The van der Waals surface area contributed by atoms with Crippen LogP contribution in [0.25, 0.3) is 10.9 Å². The van der Waals surface area contributed by atoms with Crippen molar-refractivity contribution in [3.8, 4) is 0 Å². The van der Waals surface area contributed by atoms with Crippen LogP contribution in [-0.4, -0.2) is 32.5 Å². The molecule has 4 nitrogen and oxygen atoms in total. The minimum Gasteiger partial charge on any atom is -0.358 e. The summed E-state index contributed by atoms with van der Waals surface area (Å²) in [6, 6.07) is 7.90.